The molecule has 3 N–H and O–H groups in total. The molecular weight excluding hydrogens is 196 g/mol. The predicted molar refractivity (Wildman–Crippen MR) is 59.1 cm³/mol. The SMILES string of the molecule is CC[C@@H](N)C(=O)NC(C)c1ccsc1. The van der Waals surface area contributed by atoms with Crippen molar-refractivity contribution in [1.29, 1.82) is 0 Å². The van der Waals surface area contributed by atoms with Crippen LogP contribution < -0.4 is 11.1 Å². The minimum Gasteiger partial charge on any atom is -0.348 e. The average molecular weight is 212 g/mol. The highest BCUT2D eigenvalue weighted by Crippen LogP contribution is 2.15. The molecule has 4 heteroatoms. The van der Waals surface area contributed by atoms with Crippen LogP contribution in [0.5, 0.6) is 0 Å². The van der Waals surface area contributed by atoms with Crippen LogP contribution in [0, 0.1) is 0 Å². The maximum absolute atomic E-state index is 11.4. The van der Waals surface area contributed by atoms with Crippen LogP contribution in [0.25, 0.3) is 0 Å². The van der Waals surface area contributed by atoms with Gasteiger partial charge in [0.2, 0.25) is 5.91 Å². The minimum absolute atomic E-state index is 0.0475. The van der Waals surface area contributed by atoms with Crippen molar-refractivity contribution in [2.24, 2.45) is 5.73 Å². The van der Waals surface area contributed by atoms with Crippen LogP contribution in [0.4, 0.5) is 0 Å². The molecule has 3 nitrogen and oxygen atoms in total. The zero-order valence-electron chi connectivity index (χ0n) is 8.49. The molecule has 1 aromatic heterocycles. The molecule has 0 saturated heterocycles. The molecular formula is C10H16N2OS. The van der Waals surface area contributed by atoms with E-state index in [4.69, 9.17) is 5.73 Å². The van der Waals surface area contributed by atoms with Gasteiger partial charge in [0, 0.05) is 0 Å². The maximum Gasteiger partial charge on any atom is 0.237 e. The van der Waals surface area contributed by atoms with Crippen LogP contribution in [0.1, 0.15) is 31.9 Å². The summed E-state index contributed by atoms with van der Waals surface area (Å²) in [6.07, 6.45) is 0.669. The zero-order chi connectivity index (χ0) is 10.6. The number of nitrogens with one attached hydrogen (secondary N) is 1. The van der Waals surface area contributed by atoms with Gasteiger partial charge in [-0.15, -0.1) is 0 Å². The second-order valence-corrected chi connectivity index (χ2v) is 4.08. The molecule has 0 saturated carbocycles. The summed E-state index contributed by atoms with van der Waals surface area (Å²) in [7, 11) is 0. The quantitative estimate of drug-likeness (QED) is 0.797. The van der Waals surface area contributed by atoms with E-state index in [9.17, 15) is 4.79 Å². The van der Waals surface area contributed by atoms with E-state index in [2.05, 4.69) is 5.32 Å². The molecule has 1 aromatic rings. The largest absolute Gasteiger partial charge is 0.348 e. The fraction of sp³-hybridized carbons (Fsp3) is 0.500. The average Bonchev–Trinajstić information content (AvgIpc) is 2.69. The van der Waals surface area contributed by atoms with Gasteiger partial charge in [-0.1, -0.05) is 6.92 Å². The van der Waals surface area contributed by atoms with Crippen molar-refractivity contribution in [3.8, 4) is 0 Å². The van der Waals surface area contributed by atoms with Crippen LogP contribution >= 0.6 is 11.3 Å². The first-order chi connectivity index (χ1) is 6.65. The van der Waals surface area contributed by atoms with Gasteiger partial charge in [0.05, 0.1) is 12.1 Å². The Morgan fingerprint density at radius 1 is 1.71 bits per heavy atom. The number of carbonyl (C=O) groups is 1. The van der Waals surface area contributed by atoms with Gasteiger partial charge in [-0.3, -0.25) is 4.79 Å². The van der Waals surface area contributed by atoms with E-state index in [1.54, 1.807) is 11.3 Å². The van der Waals surface area contributed by atoms with E-state index in [-0.39, 0.29) is 11.9 Å². The molecule has 1 heterocycles. The minimum atomic E-state index is -0.393. The third-order valence-corrected chi connectivity index (χ3v) is 2.88. The Balaban J connectivity index is 2.49. The molecule has 78 valence electrons. The van der Waals surface area contributed by atoms with Gasteiger partial charge in [0.1, 0.15) is 0 Å². The normalized spacial score (nSPS) is 14.8. The first kappa shape index (κ1) is 11.2. The van der Waals surface area contributed by atoms with Gasteiger partial charge in [-0.2, -0.15) is 11.3 Å². The molecule has 0 aromatic carbocycles. The van der Waals surface area contributed by atoms with Crippen molar-refractivity contribution in [3.63, 3.8) is 0 Å². The number of rotatable bonds is 4. The molecule has 1 rings (SSSR count). The highest BCUT2D eigenvalue weighted by Gasteiger charge is 2.14. The Kier molecular flexibility index (Phi) is 4.10. The van der Waals surface area contributed by atoms with E-state index in [1.807, 2.05) is 30.7 Å². The van der Waals surface area contributed by atoms with E-state index >= 15 is 0 Å². The van der Waals surface area contributed by atoms with E-state index in [0.717, 1.165) is 5.56 Å². The number of carbonyl (C=O) groups excluding carboxylic acids is 1. The first-order valence-electron chi connectivity index (χ1n) is 4.73. The van der Waals surface area contributed by atoms with Crippen molar-refractivity contribution < 1.29 is 4.79 Å². The number of hydrogen-bond acceptors (Lipinski definition) is 3. The predicted octanol–water partition coefficient (Wildman–Crippen LogP) is 1.66. The Hall–Kier alpha value is -0.870. The molecule has 0 aliphatic heterocycles. The summed E-state index contributed by atoms with van der Waals surface area (Å²) >= 11 is 1.63. The van der Waals surface area contributed by atoms with Crippen LogP contribution in [0.15, 0.2) is 16.8 Å². The third-order valence-electron chi connectivity index (χ3n) is 2.18. The number of thiophene rings is 1. The van der Waals surface area contributed by atoms with Crippen LogP contribution in [-0.2, 0) is 4.79 Å². The van der Waals surface area contributed by atoms with Gasteiger partial charge in [-0.05, 0) is 35.7 Å². The smallest absolute Gasteiger partial charge is 0.237 e. The molecule has 1 unspecified atom stereocenters. The lowest BCUT2D eigenvalue weighted by molar-refractivity contribution is -0.123. The summed E-state index contributed by atoms with van der Waals surface area (Å²) in [4.78, 5) is 11.4. The Morgan fingerprint density at radius 3 is 2.93 bits per heavy atom. The molecule has 0 radical (unpaired) electrons. The fourth-order valence-electron chi connectivity index (χ4n) is 1.11. The summed E-state index contributed by atoms with van der Waals surface area (Å²) in [5.41, 5.74) is 6.74. The standard InChI is InChI=1S/C10H16N2OS/c1-3-9(11)10(13)12-7(2)8-4-5-14-6-8/h4-7,9H,3,11H2,1-2H3,(H,12,13)/t7?,9-/m1/s1. The number of amides is 1. The van der Waals surface area contributed by atoms with E-state index in [1.165, 1.54) is 0 Å². The lowest BCUT2D eigenvalue weighted by atomic mass is 10.1. The Morgan fingerprint density at radius 2 is 2.43 bits per heavy atom. The number of hydrogen-bond donors (Lipinski definition) is 2. The van der Waals surface area contributed by atoms with E-state index < -0.39 is 6.04 Å². The molecule has 14 heavy (non-hydrogen) atoms. The highest BCUT2D eigenvalue weighted by molar-refractivity contribution is 7.07. The number of nitrogens with two attached hydrogens (primary N) is 1. The lowest BCUT2D eigenvalue weighted by Crippen LogP contribution is -2.41. The molecule has 1 amide bonds. The highest BCUT2D eigenvalue weighted by atomic mass is 32.1. The first-order valence-corrected chi connectivity index (χ1v) is 5.67. The summed E-state index contributed by atoms with van der Waals surface area (Å²) in [6.45, 7) is 3.86. The van der Waals surface area contributed by atoms with Crippen molar-refractivity contribution in [2.45, 2.75) is 32.4 Å². The second kappa shape index (κ2) is 5.12. The molecule has 0 aliphatic carbocycles. The van der Waals surface area contributed by atoms with Crippen molar-refractivity contribution in [3.05, 3.63) is 22.4 Å². The lowest BCUT2D eigenvalue weighted by Gasteiger charge is -2.15. The zero-order valence-corrected chi connectivity index (χ0v) is 9.30. The molecule has 2 atom stereocenters. The van der Waals surface area contributed by atoms with E-state index in [0.29, 0.717) is 6.42 Å². The van der Waals surface area contributed by atoms with Gasteiger partial charge in [0.15, 0.2) is 0 Å². The Labute approximate surface area is 88.3 Å². The van der Waals surface area contributed by atoms with Gasteiger partial charge in [-0.25, -0.2) is 0 Å². The topological polar surface area (TPSA) is 55.1 Å². The molecule has 0 fully saturated rings. The van der Waals surface area contributed by atoms with Crippen LogP contribution in [-0.4, -0.2) is 11.9 Å². The van der Waals surface area contributed by atoms with Crippen LogP contribution in [0.2, 0.25) is 0 Å². The van der Waals surface area contributed by atoms with Crippen molar-refractivity contribution in [2.75, 3.05) is 0 Å². The van der Waals surface area contributed by atoms with Crippen molar-refractivity contribution in [1.82, 2.24) is 5.32 Å². The Bertz CT molecular complexity index is 284. The van der Waals surface area contributed by atoms with Gasteiger partial charge >= 0.3 is 0 Å². The summed E-state index contributed by atoms with van der Waals surface area (Å²) in [5.74, 6) is -0.0776. The summed E-state index contributed by atoms with van der Waals surface area (Å²) in [5, 5.41) is 6.90. The monoisotopic (exact) mass is 212 g/mol. The molecule has 0 aliphatic rings. The second-order valence-electron chi connectivity index (χ2n) is 3.30. The van der Waals surface area contributed by atoms with Gasteiger partial charge in [0.25, 0.3) is 0 Å². The van der Waals surface area contributed by atoms with Crippen molar-refractivity contribution >= 4 is 17.2 Å². The molecule has 0 spiro atoms. The molecule has 0 bridgehead atoms. The summed E-state index contributed by atoms with van der Waals surface area (Å²) < 4.78 is 0. The van der Waals surface area contributed by atoms with Gasteiger partial charge < -0.3 is 11.1 Å². The maximum atomic E-state index is 11.4. The fourth-order valence-corrected chi connectivity index (χ4v) is 1.86. The third kappa shape index (κ3) is 2.82. The van der Waals surface area contributed by atoms with Crippen LogP contribution in [0.3, 0.4) is 0 Å². The summed E-state index contributed by atoms with van der Waals surface area (Å²) in [6, 6.07) is 1.66.